The van der Waals surface area contributed by atoms with Gasteiger partial charge in [-0.2, -0.15) is 5.10 Å². The van der Waals surface area contributed by atoms with Crippen LogP contribution in [0.4, 0.5) is 11.5 Å². The molecule has 0 aliphatic heterocycles. The smallest absolute Gasteiger partial charge is 0.333 e. The van der Waals surface area contributed by atoms with Gasteiger partial charge in [-0.25, -0.2) is 4.68 Å². The molecule has 0 saturated heterocycles. The fourth-order valence-electron chi connectivity index (χ4n) is 1.88. The Morgan fingerprint density at radius 1 is 1.47 bits per heavy atom. The molecule has 0 saturated carbocycles. The van der Waals surface area contributed by atoms with Crippen molar-refractivity contribution in [3.05, 3.63) is 15.8 Å². The van der Waals surface area contributed by atoms with E-state index in [1.165, 1.54) is 4.68 Å². The Labute approximate surface area is 101 Å². The van der Waals surface area contributed by atoms with Gasteiger partial charge in [-0.3, -0.25) is 10.1 Å². The molecule has 6 nitrogen and oxygen atoms in total. The molecule has 1 N–H and O–H groups in total. The van der Waals surface area contributed by atoms with Crippen molar-refractivity contribution in [3.63, 3.8) is 0 Å². The third kappa shape index (κ3) is 2.95. The highest BCUT2D eigenvalue weighted by Crippen LogP contribution is 2.27. The number of nitro groups is 1. The van der Waals surface area contributed by atoms with E-state index in [-0.39, 0.29) is 10.6 Å². The first-order valence-corrected chi connectivity index (χ1v) is 5.93. The molecule has 0 spiro atoms. The summed E-state index contributed by atoms with van der Waals surface area (Å²) in [6.45, 7) is 6.64. The molecule has 6 heteroatoms. The second-order valence-corrected chi connectivity index (χ2v) is 4.23. The molecule has 0 unspecified atom stereocenters. The van der Waals surface area contributed by atoms with Gasteiger partial charge >= 0.3 is 5.69 Å². The average Bonchev–Trinajstić information content (AvgIpc) is 2.55. The van der Waals surface area contributed by atoms with Crippen LogP contribution in [0.2, 0.25) is 0 Å². The van der Waals surface area contributed by atoms with Crippen molar-refractivity contribution in [2.45, 2.75) is 33.6 Å². The lowest BCUT2D eigenvalue weighted by Gasteiger charge is -2.13. The Kier molecular flexibility index (Phi) is 4.48. The lowest BCUT2D eigenvalue weighted by atomic mass is 10.0. The summed E-state index contributed by atoms with van der Waals surface area (Å²) in [5.74, 6) is 1.03. The Bertz CT molecular complexity index is 396. The van der Waals surface area contributed by atoms with Crippen molar-refractivity contribution < 1.29 is 4.92 Å². The van der Waals surface area contributed by atoms with Gasteiger partial charge in [0.25, 0.3) is 0 Å². The third-order valence-electron chi connectivity index (χ3n) is 3.09. The van der Waals surface area contributed by atoms with Crippen LogP contribution < -0.4 is 5.32 Å². The number of hydrogen-bond acceptors (Lipinski definition) is 4. The zero-order chi connectivity index (χ0) is 13.0. The highest BCUT2D eigenvalue weighted by molar-refractivity contribution is 5.59. The monoisotopic (exact) mass is 240 g/mol. The fraction of sp³-hybridized carbons (Fsp3) is 0.727. The van der Waals surface area contributed by atoms with Gasteiger partial charge in [0.05, 0.1) is 4.92 Å². The van der Waals surface area contributed by atoms with Gasteiger partial charge in [0.2, 0.25) is 5.82 Å². The average molecular weight is 240 g/mol. The molecule has 1 rings (SSSR count). The van der Waals surface area contributed by atoms with E-state index in [1.807, 2.05) is 0 Å². The number of hydrogen-bond donors (Lipinski definition) is 1. The van der Waals surface area contributed by atoms with Crippen LogP contribution in [0.5, 0.6) is 0 Å². The van der Waals surface area contributed by atoms with Gasteiger partial charge in [0, 0.05) is 13.6 Å². The minimum atomic E-state index is -0.377. The number of anilines is 1. The van der Waals surface area contributed by atoms with E-state index < -0.39 is 0 Å². The minimum absolute atomic E-state index is 0.0819. The topological polar surface area (TPSA) is 73.0 Å². The lowest BCUT2D eigenvalue weighted by Crippen LogP contribution is -2.15. The van der Waals surface area contributed by atoms with Crippen molar-refractivity contribution in [2.75, 3.05) is 11.9 Å². The second-order valence-electron chi connectivity index (χ2n) is 4.23. The molecule has 0 fully saturated rings. The predicted molar refractivity (Wildman–Crippen MR) is 67.2 cm³/mol. The molecular weight excluding hydrogens is 220 g/mol. The molecule has 1 heterocycles. The lowest BCUT2D eigenvalue weighted by molar-refractivity contribution is -0.384. The molecule has 0 radical (unpaired) electrons. The molecule has 1 aromatic heterocycles. The number of aromatic nitrogens is 2. The highest BCUT2D eigenvalue weighted by Gasteiger charge is 2.23. The van der Waals surface area contributed by atoms with Crippen molar-refractivity contribution in [1.29, 1.82) is 0 Å². The van der Waals surface area contributed by atoms with E-state index in [4.69, 9.17) is 0 Å². The van der Waals surface area contributed by atoms with Gasteiger partial charge in [0.1, 0.15) is 5.69 Å². The van der Waals surface area contributed by atoms with Crippen molar-refractivity contribution in [3.8, 4) is 0 Å². The number of rotatable bonds is 6. The van der Waals surface area contributed by atoms with Crippen LogP contribution in [-0.4, -0.2) is 21.2 Å². The van der Waals surface area contributed by atoms with Crippen LogP contribution in [0.1, 0.15) is 32.4 Å². The first-order chi connectivity index (χ1) is 8.01. The zero-order valence-electron chi connectivity index (χ0n) is 10.9. The van der Waals surface area contributed by atoms with E-state index in [0.717, 1.165) is 19.4 Å². The maximum Gasteiger partial charge on any atom is 0.333 e. The SMILES string of the molecule is CCC(CC)CNc1c([N+](=O)[O-])c(C)nn1C. The summed E-state index contributed by atoms with van der Waals surface area (Å²) >= 11 is 0. The molecule has 0 atom stereocenters. The van der Waals surface area contributed by atoms with Gasteiger partial charge in [-0.05, 0) is 12.8 Å². The Balaban J connectivity index is 2.86. The maximum absolute atomic E-state index is 11.0. The Morgan fingerprint density at radius 2 is 2.06 bits per heavy atom. The summed E-state index contributed by atoms with van der Waals surface area (Å²) in [5.41, 5.74) is 0.531. The molecule has 1 aromatic rings. The number of aryl methyl sites for hydroxylation is 2. The molecule has 96 valence electrons. The fourth-order valence-corrected chi connectivity index (χ4v) is 1.88. The van der Waals surface area contributed by atoms with Crippen LogP contribution in [0.25, 0.3) is 0 Å². The van der Waals surface area contributed by atoms with Crippen molar-refractivity contribution >= 4 is 11.5 Å². The second kappa shape index (κ2) is 5.65. The maximum atomic E-state index is 11.0. The molecule has 0 aliphatic carbocycles. The molecule has 0 aromatic carbocycles. The first kappa shape index (κ1) is 13.5. The predicted octanol–water partition coefficient (Wildman–Crippen LogP) is 2.48. The molecule has 0 bridgehead atoms. The van der Waals surface area contributed by atoms with Crippen LogP contribution in [0, 0.1) is 23.0 Å². The molecule has 17 heavy (non-hydrogen) atoms. The Morgan fingerprint density at radius 3 is 2.53 bits per heavy atom. The summed E-state index contributed by atoms with van der Waals surface area (Å²) < 4.78 is 1.54. The summed E-state index contributed by atoms with van der Waals surface area (Å²) in [6.07, 6.45) is 2.13. The van der Waals surface area contributed by atoms with Gasteiger partial charge < -0.3 is 5.32 Å². The van der Waals surface area contributed by atoms with E-state index >= 15 is 0 Å². The minimum Gasteiger partial charge on any atom is -0.364 e. The first-order valence-electron chi connectivity index (χ1n) is 5.93. The largest absolute Gasteiger partial charge is 0.364 e. The normalized spacial score (nSPS) is 10.9. The van der Waals surface area contributed by atoms with E-state index in [0.29, 0.717) is 17.4 Å². The van der Waals surface area contributed by atoms with Crippen LogP contribution >= 0.6 is 0 Å². The van der Waals surface area contributed by atoms with Crippen LogP contribution in [-0.2, 0) is 7.05 Å². The summed E-state index contributed by atoms with van der Waals surface area (Å²) in [4.78, 5) is 10.6. The third-order valence-corrected chi connectivity index (χ3v) is 3.09. The van der Waals surface area contributed by atoms with Crippen molar-refractivity contribution in [2.24, 2.45) is 13.0 Å². The van der Waals surface area contributed by atoms with E-state index in [1.54, 1.807) is 14.0 Å². The zero-order valence-corrected chi connectivity index (χ0v) is 10.9. The summed E-state index contributed by atoms with van der Waals surface area (Å²) in [7, 11) is 1.72. The number of nitrogens with one attached hydrogen (secondary N) is 1. The Hall–Kier alpha value is -1.59. The number of nitrogens with zero attached hydrogens (tertiary/aromatic N) is 3. The quantitative estimate of drug-likeness (QED) is 0.612. The summed E-state index contributed by atoms with van der Waals surface area (Å²) in [6, 6.07) is 0. The standard InChI is InChI=1S/C11H20N4O2/c1-5-9(6-2)7-12-11-10(15(16)17)8(3)13-14(11)4/h9,12H,5-7H2,1-4H3. The molecule has 0 aliphatic rings. The van der Waals surface area contributed by atoms with Gasteiger partial charge in [0.15, 0.2) is 0 Å². The molecule has 0 amide bonds. The van der Waals surface area contributed by atoms with Crippen molar-refractivity contribution in [1.82, 2.24) is 9.78 Å². The molecular formula is C11H20N4O2. The van der Waals surface area contributed by atoms with E-state index in [9.17, 15) is 10.1 Å². The van der Waals surface area contributed by atoms with Crippen LogP contribution in [0.3, 0.4) is 0 Å². The van der Waals surface area contributed by atoms with Crippen LogP contribution in [0.15, 0.2) is 0 Å². The van der Waals surface area contributed by atoms with Gasteiger partial charge in [-0.15, -0.1) is 0 Å². The summed E-state index contributed by atoms with van der Waals surface area (Å²) in [5, 5.41) is 18.2. The highest BCUT2D eigenvalue weighted by atomic mass is 16.6. The van der Waals surface area contributed by atoms with E-state index in [2.05, 4.69) is 24.3 Å². The van der Waals surface area contributed by atoms with Gasteiger partial charge in [-0.1, -0.05) is 26.7 Å².